The van der Waals surface area contributed by atoms with Crippen molar-refractivity contribution in [2.45, 2.75) is 32.1 Å². The van der Waals surface area contributed by atoms with Crippen LogP contribution in [0.4, 0.5) is 0 Å². The van der Waals surface area contributed by atoms with Gasteiger partial charge in [-0.3, -0.25) is 4.99 Å². The predicted octanol–water partition coefficient (Wildman–Crippen LogP) is 3.11. The van der Waals surface area contributed by atoms with Gasteiger partial charge in [0.05, 0.1) is 0 Å². The van der Waals surface area contributed by atoms with E-state index in [0.717, 1.165) is 19.0 Å². The first-order valence-electron chi connectivity index (χ1n) is 6.84. The second-order valence-electron chi connectivity index (χ2n) is 5.22. The van der Waals surface area contributed by atoms with E-state index in [0.29, 0.717) is 11.9 Å². The zero-order chi connectivity index (χ0) is 12.8. The van der Waals surface area contributed by atoms with Gasteiger partial charge in [0.2, 0.25) is 0 Å². The number of rotatable bonds is 5. The average molecular weight is 373 g/mol. The van der Waals surface area contributed by atoms with Crippen LogP contribution in [0, 0.1) is 5.92 Å². The maximum absolute atomic E-state index is 5.87. The van der Waals surface area contributed by atoms with Crippen molar-refractivity contribution in [2.24, 2.45) is 16.6 Å². The van der Waals surface area contributed by atoms with Gasteiger partial charge in [0.15, 0.2) is 5.96 Å². The summed E-state index contributed by atoms with van der Waals surface area (Å²) in [7, 11) is 0. The molecular weight excluding hydrogens is 349 g/mol. The van der Waals surface area contributed by atoms with Crippen LogP contribution in [0.3, 0.4) is 0 Å². The topological polar surface area (TPSA) is 50.4 Å². The normalized spacial score (nSPS) is 17.2. The number of hydrogen-bond donors (Lipinski definition) is 2. The Morgan fingerprint density at radius 1 is 1.37 bits per heavy atom. The number of benzene rings is 1. The van der Waals surface area contributed by atoms with E-state index in [1.165, 1.54) is 24.8 Å². The molecule has 2 rings (SSSR count). The molecule has 0 amide bonds. The molecule has 1 fully saturated rings. The summed E-state index contributed by atoms with van der Waals surface area (Å²) in [5.41, 5.74) is 7.18. The summed E-state index contributed by atoms with van der Waals surface area (Å²) in [5, 5.41) is 3.22. The molecule has 4 heteroatoms. The van der Waals surface area contributed by atoms with E-state index in [-0.39, 0.29) is 24.0 Å². The molecule has 0 bridgehead atoms. The van der Waals surface area contributed by atoms with E-state index in [4.69, 9.17) is 5.73 Å². The van der Waals surface area contributed by atoms with Gasteiger partial charge in [-0.25, -0.2) is 0 Å². The molecule has 1 saturated carbocycles. The summed E-state index contributed by atoms with van der Waals surface area (Å²) < 4.78 is 0. The van der Waals surface area contributed by atoms with Crippen LogP contribution in [0.1, 0.15) is 37.7 Å². The molecule has 106 valence electrons. The Balaban J connectivity index is 0.00000180. The number of guanidine groups is 1. The lowest BCUT2D eigenvalue weighted by Crippen LogP contribution is -2.37. The van der Waals surface area contributed by atoms with Crippen LogP contribution in [0.5, 0.6) is 0 Å². The van der Waals surface area contributed by atoms with Crippen LogP contribution in [0.15, 0.2) is 35.3 Å². The smallest absolute Gasteiger partial charge is 0.188 e. The average Bonchev–Trinajstić information content (AvgIpc) is 2.35. The minimum atomic E-state index is 0. The van der Waals surface area contributed by atoms with E-state index in [1.54, 1.807) is 0 Å². The highest BCUT2D eigenvalue weighted by molar-refractivity contribution is 14.0. The van der Waals surface area contributed by atoms with Crippen LogP contribution in [-0.4, -0.2) is 19.0 Å². The van der Waals surface area contributed by atoms with Gasteiger partial charge >= 0.3 is 0 Å². The number of aliphatic imine (C=N–C) groups is 1. The summed E-state index contributed by atoms with van der Waals surface area (Å²) >= 11 is 0. The van der Waals surface area contributed by atoms with Crippen LogP contribution >= 0.6 is 24.0 Å². The van der Waals surface area contributed by atoms with Gasteiger partial charge in [0.25, 0.3) is 0 Å². The molecule has 3 N–H and O–H groups in total. The van der Waals surface area contributed by atoms with Crippen LogP contribution in [-0.2, 0) is 0 Å². The molecule has 0 aromatic heterocycles. The third-order valence-electron chi connectivity index (χ3n) is 3.70. The molecule has 0 aliphatic heterocycles. The number of hydrogen-bond acceptors (Lipinski definition) is 1. The Kier molecular flexibility index (Phi) is 7.20. The second-order valence-corrected chi connectivity index (χ2v) is 5.22. The van der Waals surface area contributed by atoms with Crippen LogP contribution in [0.2, 0.25) is 0 Å². The molecule has 0 saturated heterocycles. The molecule has 0 heterocycles. The van der Waals surface area contributed by atoms with Gasteiger partial charge in [0, 0.05) is 19.0 Å². The summed E-state index contributed by atoms with van der Waals surface area (Å²) in [4.78, 5) is 4.41. The fourth-order valence-electron chi connectivity index (χ4n) is 2.12. The van der Waals surface area contributed by atoms with E-state index < -0.39 is 0 Å². The van der Waals surface area contributed by atoms with Gasteiger partial charge in [0.1, 0.15) is 0 Å². The zero-order valence-corrected chi connectivity index (χ0v) is 13.8. The molecular formula is C15H24IN3. The van der Waals surface area contributed by atoms with Gasteiger partial charge in [-0.05, 0) is 24.3 Å². The van der Waals surface area contributed by atoms with Crippen molar-refractivity contribution in [2.75, 3.05) is 13.1 Å². The Morgan fingerprint density at radius 2 is 2.05 bits per heavy atom. The fraction of sp³-hybridized carbons (Fsp3) is 0.533. The fourth-order valence-corrected chi connectivity index (χ4v) is 2.12. The Hall–Kier alpha value is -0.780. The molecule has 19 heavy (non-hydrogen) atoms. The first-order valence-corrected chi connectivity index (χ1v) is 6.84. The highest BCUT2D eigenvalue weighted by Crippen LogP contribution is 2.25. The van der Waals surface area contributed by atoms with Crippen LogP contribution < -0.4 is 11.1 Å². The summed E-state index contributed by atoms with van der Waals surface area (Å²) in [5.74, 6) is 1.81. The Morgan fingerprint density at radius 3 is 2.63 bits per heavy atom. The molecule has 1 unspecified atom stereocenters. The van der Waals surface area contributed by atoms with Crippen molar-refractivity contribution in [3.8, 4) is 0 Å². The third-order valence-corrected chi connectivity index (χ3v) is 3.70. The molecule has 0 radical (unpaired) electrons. The van der Waals surface area contributed by atoms with Crippen molar-refractivity contribution in [3.05, 3.63) is 35.9 Å². The SMILES string of the molecule is CC(CN=C(N)NCC1CCC1)c1ccccc1.I. The van der Waals surface area contributed by atoms with Crippen molar-refractivity contribution < 1.29 is 0 Å². The number of nitrogens with zero attached hydrogens (tertiary/aromatic N) is 1. The number of halogens is 1. The lowest BCUT2D eigenvalue weighted by molar-refractivity contribution is 0.315. The maximum Gasteiger partial charge on any atom is 0.188 e. The molecule has 0 spiro atoms. The lowest BCUT2D eigenvalue weighted by Gasteiger charge is -2.25. The monoisotopic (exact) mass is 373 g/mol. The van der Waals surface area contributed by atoms with Gasteiger partial charge < -0.3 is 11.1 Å². The zero-order valence-electron chi connectivity index (χ0n) is 11.5. The first kappa shape index (κ1) is 16.3. The van der Waals surface area contributed by atoms with Crippen molar-refractivity contribution >= 4 is 29.9 Å². The van der Waals surface area contributed by atoms with E-state index >= 15 is 0 Å². The van der Waals surface area contributed by atoms with Crippen molar-refractivity contribution in [1.82, 2.24) is 5.32 Å². The predicted molar refractivity (Wildman–Crippen MR) is 92.1 cm³/mol. The summed E-state index contributed by atoms with van der Waals surface area (Å²) in [6, 6.07) is 10.4. The molecule has 1 aromatic rings. The molecule has 1 aliphatic carbocycles. The largest absolute Gasteiger partial charge is 0.370 e. The Bertz CT molecular complexity index is 388. The standard InChI is InChI=1S/C15H23N3.HI/c1-12(14-8-3-2-4-9-14)10-17-15(16)18-11-13-6-5-7-13;/h2-4,8-9,12-13H,5-7,10-11H2,1H3,(H3,16,17,18);1H. The molecule has 3 nitrogen and oxygen atoms in total. The highest BCUT2D eigenvalue weighted by atomic mass is 127. The van der Waals surface area contributed by atoms with Crippen molar-refractivity contribution in [3.63, 3.8) is 0 Å². The van der Waals surface area contributed by atoms with E-state index in [2.05, 4.69) is 41.5 Å². The molecule has 1 aromatic carbocycles. The van der Waals surface area contributed by atoms with Crippen LogP contribution in [0.25, 0.3) is 0 Å². The lowest BCUT2D eigenvalue weighted by atomic mass is 9.85. The van der Waals surface area contributed by atoms with E-state index in [9.17, 15) is 0 Å². The quantitative estimate of drug-likeness (QED) is 0.473. The maximum atomic E-state index is 5.87. The second kappa shape index (κ2) is 8.40. The first-order chi connectivity index (χ1) is 8.75. The minimum Gasteiger partial charge on any atom is -0.370 e. The molecule has 1 aliphatic rings. The molecule has 1 atom stereocenters. The summed E-state index contributed by atoms with van der Waals surface area (Å²) in [6.07, 6.45) is 4.04. The highest BCUT2D eigenvalue weighted by Gasteiger charge is 2.16. The summed E-state index contributed by atoms with van der Waals surface area (Å²) in [6.45, 7) is 3.90. The van der Waals surface area contributed by atoms with Gasteiger partial charge in [-0.15, -0.1) is 24.0 Å². The number of nitrogens with two attached hydrogens (primary N) is 1. The van der Waals surface area contributed by atoms with Gasteiger partial charge in [-0.1, -0.05) is 43.7 Å². The Labute approximate surface area is 133 Å². The number of nitrogens with one attached hydrogen (secondary N) is 1. The van der Waals surface area contributed by atoms with E-state index in [1.807, 2.05) is 6.07 Å². The minimum absolute atomic E-state index is 0. The third kappa shape index (κ3) is 5.38. The van der Waals surface area contributed by atoms with Gasteiger partial charge in [-0.2, -0.15) is 0 Å². The van der Waals surface area contributed by atoms with Crippen molar-refractivity contribution in [1.29, 1.82) is 0 Å².